The first-order chi connectivity index (χ1) is 12.7. The van der Waals surface area contributed by atoms with E-state index in [-0.39, 0.29) is 5.82 Å². The maximum Gasteiger partial charge on any atom is 0.123 e. The summed E-state index contributed by atoms with van der Waals surface area (Å²) in [5.74, 6) is 0.0494. The summed E-state index contributed by atoms with van der Waals surface area (Å²) in [6.07, 6.45) is 9.58. The molecule has 4 rings (SSSR count). The minimum atomic E-state index is -0.249. The zero-order chi connectivity index (χ0) is 17.9. The Morgan fingerprint density at radius 3 is 2.92 bits per heavy atom. The molecule has 134 valence electrons. The van der Waals surface area contributed by atoms with E-state index < -0.39 is 0 Å². The molecule has 3 aromatic rings. The summed E-state index contributed by atoms with van der Waals surface area (Å²) in [6.45, 7) is 2.89. The van der Waals surface area contributed by atoms with Crippen molar-refractivity contribution in [2.24, 2.45) is 7.05 Å². The van der Waals surface area contributed by atoms with Crippen LogP contribution in [0.1, 0.15) is 30.0 Å². The molecule has 6 heteroatoms. The van der Waals surface area contributed by atoms with Crippen LogP contribution in [0.5, 0.6) is 0 Å². The van der Waals surface area contributed by atoms with E-state index in [1.54, 1.807) is 18.5 Å². The summed E-state index contributed by atoms with van der Waals surface area (Å²) >= 11 is 0. The molecule has 0 bridgehead atoms. The maximum absolute atomic E-state index is 13.7. The number of halogens is 1. The quantitative estimate of drug-likeness (QED) is 0.723. The monoisotopic (exact) mass is 351 g/mol. The van der Waals surface area contributed by atoms with Crippen LogP contribution in [0.25, 0.3) is 11.3 Å². The Morgan fingerprint density at radius 1 is 1.23 bits per heavy atom. The summed E-state index contributed by atoms with van der Waals surface area (Å²) in [5.41, 5.74) is 3.77. The van der Waals surface area contributed by atoms with E-state index >= 15 is 0 Å². The van der Waals surface area contributed by atoms with Gasteiger partial charge in [0.15, 0.2) is 0 Å². The Hall–Kier alpha value is -2.60. The molecule has 1 fully saturated rings. The Labute approximate surface area is 152 Å². The van der Waals surface area contributed by atoms with Crippen molar-refractivity contribution in [1.82, 2.24) is 24.6 Å². The van der Waals surface area contributed by atoms with Gasteiger partial charge in [-0.3, -0.25) is 19.5 Å². The summed E-state index contributed by atoms with van der Waals surface area (Å²) in [4.78, 5) is 11.6. The number of piperidine rings is 1. The molecule has 1 aliphatic rings. The lowest BCUT2D eigenvalue weighted by molar-refractivity contribution is 0.198. The van der Waals surface area contributed by atoms with E-state index in [1.165, 1.54) is 17.7 Å². The minimum absolute atomic E-state index is 0.249. The Bertz CT molecular complexity index is 891. The van der Waals surface area contributed by atoms with Crippen LogP contribution in [0.15, 0.2) is 49.1 Å². The molecule has 26 heavy (non-hydrogen) atoms. The van der Waals surface area contributed by atoms with Crippen LogP contribution in [0.4, 0.5) is 4.39 Å². The van der Waals surface area contributed by atoms with Gasteiger partial charge in [0.05, 0.1) is 17.6 Å². The molecule has 0 radical (unpaired) electrons. The lowest BCUT2D eigenvalue weighted by Gasteiger charge is -2.32. The van der Waals surface area contributed by atoms with Crippen LogP contribution in [-0.2, 0) is 13.6 Å². The van der Waals surface area contributed by atoms with Crippen molar-refractivity contribution in [2.45, 2.75) is 25.3 Å². The number of likely N-dealkylation sites (tertiary alicyclic amines) is 1. The first kappa shape index (κ1) is 16.8. The predicted molar refractivity (Wildman–Crippen MR) is 97.9 cm³/mol. The highest BCUT2D eigenvalue weighted by Gasteiger charge is 2.25. The van der Waals surface area contributed by atoms with Gasteiger partial charge >= 0.3 is 0 Å². The summed E-state index contributed by atoms with van der Waals surface area (Å²) in [7, 11) is 1.94. The van der Waals surface area contributed by atoms with Gasteiger partial charge in [-0.25, -0.2) is 4.39 Å². The van der Waals surface area contributed by atoms with Crippen molar-refractivity contribution in [3.63, 3.8) is 0 Å². The predicted octanol–water partition coefficient (Wildman–Crippen LogP) is 3.40. The first-order valence-electron chi connectivity index (χ1n) is 8.96. The van der Waals surface area contributed by atoms with Crippen molar-refractivity contribution in [3.8, 4) is 11.3 Å². The lowest BCUT2D eigenvalue weighted by atomic mass is 9.91. The van der Waals surface area contributed by atoms with Gasteiger partial charge in [0, 0.05) is 55.8 Å². The second-order valence-corrected chi connectivity index (χ2v) is 6.90. The highest BCUT2D eigenvalue weighted by atomic mass is 19.1. The fourth-order valence-electron chi connectivity index (χ4n) is 3.74. The standard InChI is InChI=1S/C20H22FN5/c1-25-12-15(11-24-25)13-26-9-3-5-17(14-26)20-19(22-7-8-23-20)16-4-2-6-18(21)10-16/h2,4,6-8,10-12,17H,3,5,9,13-14H2,1H3/t17-/m1/s1. The second kappa shape index (κ2) is 7.33. The SMILES string of the molecule is Cn1cc(CN2CCC[C@@H](c3nccnc3-c3cccc(F)c3)C2)cn1. The molecule has 3 heterocycles. The van der Waals surface area contributed by atoms with Crippen molar-refractivity contribution in [3.05, 3.63) is 66.1 Å². The van der Waals surface area contributed by atoms with E-state index in [2.05, 4.69) is 26.2 Å². The summed E-state index contributed by atoms with van der Waals surface area (Å²) in [5, 5.41) is 4.25. The number of rotatable bonds is 4. The Morgan fingerprint density at radius 2 is 2.12 bits per heavy atom. The van der Waals surface area contributed by atoms with Gasteiger partial charge in [-0.1, -0.05) is 12.1 Å². The third kappa shape index (κ3) is 3.65. The number of aromatic nitrogens is 4. The van der Waals surface area contributed by atoms with Gasteiger partial charge < -0.3 is 0 Å². The van der Waals surface area contributed by atoms with Crippen LogP contribution in [0, 0.1) is 5.82 Å². The van der Waals surface area contributed by atoms with E-state index in [9.17, 15) is 4.39 Å². The topological polar surface area (TPSA) is 46.8 Å². The number of benzene rings is 1. The van der Waals surface area contributed by atoms with Crippen LogP contribution in [0.3, 0.4) is 0 Å². The highest BCUT2D eigenvalue weighted by molar-refractivity contribution is 5.62. The molecule has 5 nitrogen and oxygen atoms in total. The molecule has 0 N–H and O–H groups in total. The van der Waals surface area contributed by atoms with E-state index in [4.69, 9.17) is 0 Å². The molecule has 0 amide bonds. The molecule has 0 spiro atoms. The van der Waals surface area contributed by atoms with Crippen molar-refractivity contribution < 1.29 is 4.39 Å². The number of hydrogen-bond acceptors (Lipinski definition) is 4. The van der Waals surface area contributed by atoms with Gasteiger partial charge in [0.25, 0.3) is 0 Å². The van der Waals surface area contributed by atoms with Crippen LogP contribution < -0.4 is 0 Å². The molecule has 0 aliphatic carbocycles. The van der Waals surface area contributed by atoms with Gasteiger partial charge in [0.2, 0.25) is 0 Å². The normalized spacial score (nSPS) is 18.2. The van der Waals surface area contributed by atoms with Crippen molar-refractivity contribution >= 4 is 0 Å². The van der Waals surface area contributed by atoms with Crippen LogP contribution in [-0.4, -0.2) is 37.7 Å². The summed E-state index contributed by atoms with van der Waals surface area (Å²) in [6, 6.07) is 6.60. The average molecular weight is 351 g/mol. The third-order valence-corrected chi connectivity index (χ3v) is 4.88. The lowest BCUT2D eigenvalue weighted by Crippen LogP contribution is -2.34. The average Bonchev–Trinajstić information content (AvgIpc) is 3.07. The summed E-state index contributed by atoms with van der Waals surface area (Å²) < 4.78 is 15.5. The minimum Gasteiger partial charge on any atom is -0.298 e. The molecule has 2 aromatic heterocycles. The number of hydrogen-bond donors (Lipinski definition) is 0. The number of aryl methyl sites for hydroxylation is 1. The van der Waals surface area contributed by atoms with Crippen LogP contribution >= 0.6 is 0 Å². The van der Waals surface area contributed by atoms with Crippen LogP contribution in [0.2, 0.25) is 0 Å². The fraction of sp³-hybridized carbons (Fsp3) is 0.350. The smallest absolute Gasteiger partial charge is 0.123 e. The van der Waals surface area contributed by atoms with Gasteiger partial charge in [-0.15, -0.1) is 0 Å². The van der Waals surface area contributed by atoms with Crippen molar-refractivity contribution in [1.29, 1.82) is 0 Å². The van der Waals surface area contributed by atoms with E-state index in [1.807, 2.05) is 24.0 Å². The molecule has 0 saturated carbocycles. The molecular formula is C20H22FN5. The number of nitrogens with zero attached hydrogens (tertiary/aromatic N) is 5. The maximum atomic E-state index is 13.7. The van der Waals surface area contributed by atoms with E-state index in [0.29, 0.717) is 5.92 Å². The highest BCUT2D eigenvalue weighted by Crippen LogP contribution is 2.32. The van der Waals surface area contributed by atoms with Gasteiger partial charge in [-0.05, 0) is 31.5 Å². The Balaban J connectivity index is 1.57. The Kier molecular flexibility index (Phi) is 4.75. The zero-order valence-corrected chi connectivity index (χ0v) is 14.8. The molecule has 1 atom stereocenters. The molecule has 0 unspecified atom stereocenters. The largest absolute Gasteiger partial charge is 0.298 e. The first-order valence-corrected chi connectivity index (χ1v) is 8.96. The fourth-order valence-corrected chi connectivity index (χ4v) is 3.74. The second-order valence-electron chi connectivity index (χ2n) is 6.90. The van der Waals surface area contributed by atoms with E-state index in [0.717, 1.165) is 49.4 Å². The molecule has 1 aliphatic heterocycles. The molecule has 1 aromatic carbocycles. The molecule has 1 saturated heterocycles. The molecular weight excluding hydrogens is 329 g/mol. The zero-order valence-electron chi connectivity index (χ0n) is 14.8. The van der Waals surface area contributed by atoms with Crippen molar-refractivity contribution in [2.75, 3.05) is 13.1 Å². The third-order valence-electron chi connectivity index (χ3n) is 4.88. The van der Waals surface area contributed by atoms with Gasteiger partial charge in [0.1, 0.15) is 5.82 Å². The van der Waals surface area contributed by atoms with Gasteiger partial charge in [-0.2, -0.15) is 5.10 Å².